The van der Waals surface area contributed by atoms with E-state index in [0.29, 0.717) is 54.8 Å². The first-order chi connectivity index (χ1) is 18.9. The van der Waals surface area contributed by atoms with E-state index in [2.05, 4.69) is 56.2 Å². The van der Waals surface area contributed by atoms with E-state index in [1.54, 1.807) is 31.2 Å². The fourth-order valence-corrected chi connectivity index (χ4v) is 4.93. The monoisotopic (exact) mass is 542 g/mol. The molecule has 9 heteroatoms. The number of aromatic amines is 1. The topological polar surface area (TPSA) is 102 Å². The van der Waals surface area contributed by atoms with Crippen molar-refractivity contribution in [1.82, 2.24) is 20.4 Å². The highest BCUT2D eigenvalue weighted by atomic mass is 35.5. The van der Waals surface area contributed by atoms with Gasteiger partial charge in [0.05, 0.1) is 40.9 Å². The molecule has 0 radical (unpaired) electrons. The molecule has 0 fully saturated rings. The fraction of sp³-hybridized carbons (Fsp3) is 0.172. The number of nitrogens with zero attached hydrogens (tertiary/aromatic N) is 4. The lowest BCUT2D eigenvalue weighted by Gasteiger charge is -2.23. The summed E-state index contributed by atoms with van der Waals surface area (Å²) in [4.78, 5) is 4.47. The van der Waals surface area contributed by atoms with Crippen molar-refractivity contribution in [2.75, 3.05) is 10.6 Å². The molecule has 2 heterocycles. The van der Waals surface area contributed by atoms with Crippen LogP contribution in [-0.4, -0.2) is 20.4 Å². The number of benzene rings is 3. The van der Waals surface area contributed by atoms with E-state index < -0.39 is 6.02 Å². The third kappa shape index (κ3) is 5.01. The Morgan fingerprint density at radius 3 is 2.47 bits per heavy atom. The number of anilines is 2. The minimum Gasteiger partial charge on any atom is -0.377 e. The summed E-state index contributed by atoms with van der Waals surface area (Å²) in [6.07, 6.45) is 2.32. The lowest BCUT2D eigenvalue weighted by Crippen LogP contribution is -2.15. The van der Waals surface area contributed by atoms with E-state index in [-0.39, 0.29) is 6.04 Å². The third-order valence-electron chi connectivity index (χ3n) is 6.35. The van der Waals surface area contributed by atoms with Crippen LogP contribution in [0.5, 0.6) is 0 Å². The number of rotatable bonds is 8. The first-order valence-electron chi connectivity index (χ1n) is 12.6. The molecular formula is C29H25Cl2N7. The first kappa shape index (κ1) is 24.2. The molecule has 2 unspecified atom stereocenters. The van der Waals surface area contributed by atoms with Crippen molar-refractivity contribution < 1.29 is 1.37 Å². The van der Waals surface area contributed by atoms with Crippen LogP contribution in [-0.2, 0) is 0 Å². The minimum atomic E-state index is -1.60. The van der Waals surface area contributed by atoms with Gasteiger partial charge < -0.3 is 10.6 Å². The molecule has 0 bridgehead atoms. The van der Waals surface area contributed by atoms with Crippen molar-refractivity contribution in [3.8, 4) is 6.07 Å². The number of nitriles is 1. The quantitative estimate of drug-likeness (QED) is 0.186. The maximum Gasteiger partial charge on any atom is 0.112 e. The van der Waals surface area contributed by atoms with E-state index in [1.807, 2.05) is 30.3 Å². The predicted octanol–water partition coefficient (Wildman–Crippen LogP) is 7.60. The zero-order valence-electron chi connectivity index (χ0n) is 21.8. The normalized spacial score (nSPS) is 13.8. The second kappa shape index (κ2) is 11.1. The molecule has 38 heavy (non-hydrogen) atoms. The van der Waals surface area contributed by atoms with Crippen molar-refractivity contribution in [2.45, 2.75) is 32.3 Å². The van der Waals surface area contributed by atoms with Crippen LogP contribution in [0, 0.1) is 18.3 Å². The summed E-state index contributed by atoms with van der Waals surface area (Å²) in [6, 6.07) is 21.3. The van der Waals surface area contributed by atoms with Crippen LogP contribution in [0.4, 0.5) is 11.4 Å². The summed E-state index contributed by atoms with van der Waals surface area (Å²) in [7, 11) is 0. The average Bonchev–Trinajstić information content (AvgIpc) is 3.39. The van der Waals surface area contributed by atoms with Gasteiger partial charge in [0.1, 0.15) is 11.8 Å². The first-order valence-corrected chi connectivity index (χ1v) is 12.9. The fourth-order valence-electron chi connectivity index (χ4n) is 4.44. The van der Waals surface area contributed by atoms with Crippen LogP contribution < -0.4 is 10.6 Å². The Morgan fingerprint density at radius 1 is 1.03 bits per heavy atom. The van der Waals surface area contributed by atoms with Gasteiger partial charge in [0, 0.05) is 22.3 Å². The Labute approximate surface area is 232 Å². The number of fused-ring (bicyclic) bond motifs is 1. The molecule has 0 saturated carbocycles. The van der Waals surface area contributed by atoms with Crippen LogP contribution in [0.1, 0.15) is 54.9 Å². The molecule has 0 aliphatic carbocycles. The van der Waals surface area contributed by atoms with Crippen LogP contribution in [0.3, 0.4) is 0 Å². The molecule has 3 aromatic carbocycles. The molecule has 3 N–H and O–H groups in total. The van der Waals surface area contributed by atoms with E-state index in [0.717, 1.165) is 12.0 Å². The molecule has 0 amide bonds. The maximum absolute atomic E-state index is 9.95. The van der Waals surface area contributed by atoms with Crippen LogP contribution >= 0.6 is 23.2 Å². The number of H-pyrrole nitrogens is 1. The lowest BCUT2D eigenvalue weighted by molar-refractivity contribution is 0.750. The highest BCUT2D eigenvalue weighted by Gasteiger charge is 2.23. The number of halogens is 2. The Kier molecular flexibility index (Phi) is 7.07. The molecule has 5 rings (SSSR count). The Balaban J connectivity index is 1.66. The van der Waals surface area contributed by atoms with Crippen molar-refractivity contribution in [2.24, 2.45) is 0 Å². The summed E-state index contributed by atoms with van der Waals surface area (Å²) in [5.41, 5.74) is 4.58. The largest absolute Gasteiger partial charge is 0.377 e. The number of aromatic nitrogens is 4. The Bertz CT molecular complexity index is 1680. The predicted molar refractivity (Wildman–Crippen MR) is 153 cm³/mol. The summed E-state index contributed by atoms with van der Waals surface area (Å²) in [5, 5.41) is 29.2. The molecule has 2 aromatic heterocycles. The van der Waals surface area contributed by atoms with Crippen molar-refractivity contribution in [3.05, 3.63) is 111 Å². The molecule has 7 nitrogen and oxygen atoms in total. The molecule has 0 aliphatic rings. The van der Waals surface area contributed by atoms with E-state index in [1.165, 1.54) is 6.20 Å². The van der Waals surface area contributed by atoms with Gasteiger partial charge in [-0.2, -0.15) is 20.7 Å². The molecule has 0 spiro atoms. The lowest BCUT2D eigenvalue weighted by atomic mass is 10.0. The SMILES string of the molecule is [2H]C(Nc1cc(Cl)c2ncc(C#N)c(NC(CC)c3ccccc3)c2c1)(c1ccccc1Cl)c1n[nH]nc1C. The van der Waals surface area contributed by atoms with Gasteiger partial charge in [-0.3, -0.25) is 4.98 Å². The van der Waals surface area contributed by atoms with Gasteiger partial charge in [0.15, 0.2) is 0 Å². The number of hydrogen-bond donors (Lipinski definition) is 3. The third-order valence-corrected chi connectivity index (χ3v) is 6.96. The van der Waals surface area contributed by atoms with E-state index >= 15 is 0 Å². The molecule has 2 atom stereocenters. The number of aryl methyl sites for hydroxylation is 1. The van der Waals surface area contributed by atoms with Crippen molar-refractivity contribution in [1.29, 1.82) is 5.26 Å². The number of pyridine rings is 1. The van der Waals surface area contributed by atoms with Gasteiger partial charge >= 0.3 is 0 Å². The smallest absolute Gasteiger partial charge is 0.112 e. The summed E-state index contributed by atoms with van der Waals surface area (Å²) < 4.78 is 9.56. The molecule has 0 aliphatic heterocycles. The van der Waals surface area contributed by atoms with E-state index in [9.17, 15) is 6.63 Å². The maximum atomic E-state index is 9.95. The van der Waals surface area contributed by atoms with Gasteiger partial charge in [-0.1, -0.05) is 78.7 Å². The van der Waals surface area contributed by atoms with Crippen LogP contribution in [0.15, 0.2) is 72.9 Å². The van der Waals surface area contributed by atoms with Crippen LogP contribution in [0.2, 0.25) is 10.0 Å². The van der Waals surface area contributed by atoms with Crippen molar-refractivity contribution >= 4 is 45.5 Å². The standard InChI is InChI=1S/C29H25Cl2N7/c1-3-25(18-9-5-4-6-10-18)35-27-19(15-32)16-33-28-22(27)13-20(14-24(28)31)34-29(26-17(2)36-38-37-26)21-11-7-8-12-23(21)30/h4-14,16,25,29,34H,3H2,1-2H3,(H,33,35)(H,36,37,38)/i29D. The van der Waals surface area contributed by atoms with Crippen LogP contribution in [0.25, 0.3) is 10.9 Å². The molecule has 0 saturated heterocycles. The second-order valence-corrected chi connectivity index (χ2v) is 9.58. The van der Waals surface area contributed by atoms with Gasteiger partial charge in [-0.25, -0.2) is 0 Å². The summed E-state index contributed by atoms with van der Waals surface area (Å²) >= 11 is 13.3. The highest BCUT2D eigenvalue weighted by Crippen LogP contribution is 2.38. The van der Waals surface area contributed by atoms with Gasteiger partial charge in [0.25, 0.3) is 0 Å². The molecular weight excluding hydrogens is 517 g/mol. The molecule has 5 aromatic rings. The zero-order chi connectivity index (χ0) is 27.6. The van der Waals surface area contributed by atoms with E-state index in [4.69, 9.17) is 23.2 Å². The number of hydrogen-bond acceptors (Lipinski definition) is 6. The van der Waals surface area contributed by atoms with Gasteiger partial charge in [0.2, 0.25) is 0 Å². The Hall–Kier alpha value is -4.12. The Morgan fingerprint density at radius 2 is 1.79 bits per heavy atom. The average molecular weight is 543 g/mol. The van der Waals surface area contributed by atoms with Gasteiger partial charge in [-0.15, -0.1) is 0 Å². The number of nitrogens with one attached hydrogen (secondary N) is 3. The second-order valence-electron chi connectivity index (χ2n) is 8.77. The summed E-state index contributed by atoms with van der Waals surface area (Å²) in [5.74, 6) is 0. The molecule has 190 valence electrons. The zero-order valence-corrected chi connectivity index (χ0v) is 22.3. The summed E-state index contributed by atoms with van der Waals surface area (Å²) in [6.45, 7) is 3.85. The minimum absolute atomic E-state index is 0.0459. The highest BCUT2D eigenvalue weighted by molar-refractivity contribution is 6.36. The van der Waals surface area contributed by atoms with Gasteiger partial charge in [-0.05, 0) is 42.7 Å². The van der Waals surface area contributed by atoms with Crippen molar-refractivity contribution in [3.63, 3.8) is 0 Å².